The number of benzene rings is 1. The molecule has 0 spiro atoms. The molecule has 0 aromatic heterocycles. The minimum Gasteiger partial charge on any atom is -0.484 e. The van der Waals surface area contributed by atoms with Gasteiger partial charge in [-0.25, -0.2) is 0 Å². The number of amides is 1. The molecular formula is C16H21F3N2O3. The maximum Gasteiger partial charge on any atom is 0.422 e. The highest BCUT2D eigenvalue weighted by atomic mass is 19.4. The number of nitrogens with zero attached hydrogens (tertiary/aromatic N) is 1. The van der Waals surface area contributed by atoms with Crippen LogP contribution in [0.3, 0.4) is 0 Å². The molecule has 1 aliphatic heterocycles. The Kier molecular flexibility index (Phi) is 6.06. The van der Waals surface area contributed by atoms with E-state index in [1.807, 2.05) is 6.92 Å². The number of halogens is 3. The lowest BCUT2D eigenvalue weighted by Gasteiger charge is -2.31. The number of rotatable bonds is 5. The summed E-state index contributed by atoms with van der Waals surface area (Å²) in [5.41, 5.74) is 0.857. The van der Waals surface area contributed by atoms with Gasteiger partial charge >= 0.3 is 6.18 Å². The molecule has 1 fully saturated rings. The van der Waals surface area contributed by atoms with Crippen molar-refractivity contribution in [1.82, 2.24) is 4.90 Å². The van der Waals surface area contributed by atoms with Crippen molar-refractivity contribution in [3.63, 3.8) is 0 Å². The second-order valence-electron chi connectivity index (χ2n) is 5.57. The molecule has 0 saturated carbocycles. The fourth-order valence-electron chi connectivity index (χ4n) is 2.43. The van der Waals surface area contributed by atoms with Crippen LogP contribution >= 0.6 is 0 Å². The smallest absolute Gasteiger partial charge is 0.422 e. The van der Waals surface area contributed by atoms with E-state index in [0.717, 1.165) is 13.1 Å². The number of carbonyl (C=O) groups is 1. The molecule has 1 aromatic carbocycles. The summed E-state index contributed by atoms with van der Waals surface area (Å²) in [7, 11) is 0. The monoisotopic (exact) mass is 346 g/mol. The number of carbonyl (C=O) groups excluding carboxylic acids is 1. The van der Waals surface area contributed by atoms with Crippen LogP contribution in [0.1, 0.15) is 12.5 Å². The third kappa shape index (κ3) is 5.10. The van der Waals surface area contributed by atoms with Crippen molar-refractivity contribution in [2.45, 2.75) is 26.1 Å². The molecule has 1 N–H and O–H groups in total. The number of hydrogen-bond acceptors (Lipinski definition) is 4. The molecule has 1 atom stereocenters. The number of anilines is 1. The lowest BCUT2D eigenvalue weighted by atomic mass is 10.1. The SMILES string of the molecule is CCN1CCO[C@@H](C(=O)Nc2cccc(OCC(F)(F)F)c2C)C1. The molecule has 2 rings (SSSR count). The van der Waals surface area contributed by atoms with Gasteiger partial charge in [0.15, 0.2) is 6.61 Å². The fraction of sp³-hybridized carbons (Fsp3) is 0.562. The van der Waals surface area contributed by atoms with Crippen LogP contribution in [0.5, 0.6) is 5.75 Å². The zero-order valence-electron chi connectivity index (χ0n) is 13.7. The topological polar surface area (TPSA) is 50.8 Å². The Hall–Kier alpha value is -1.80. The van der Waals surface area contributed by atoms with E-state index in [1.54, 1.807) is 13.0 Å². The minimum absolute atomic E-state index is 0.0878. The van der Waals surface area contributed by atoms with Crippen molar-refractivity contribution in [2.24, 2.45) is 0 Å². The summed E-state index contributed by atoms with van der Waals surface area (Å²) < 4.78 is 47.1. The molecule has 8 heteroatoms. The van der Waals surface area contributed by atoms with Crippen LogP contribution in [-0.2, 0) is 9.53 Å². The predicted octanol–water partition coefficient (Wildman–Crippen LogP) is 2.60. The van der Waals surface area contributed by atoms with E-state index in [0.29, 0.717) is 24.4 Å². The first-order valence-corrected chi connectivity index (χ1v) is 7.74. The summed E-state index contributed by atoms with van der Waals surface area (Å²) in [4.78, 5) is 14.4. The van der Waals surface area contributed by atoms with Crippen LogP contribution in [0.2, 0.25) is 0 Å². The van der Waals surface area contributed by atoms with Gasteiger partial charge in [-0.2, -0.15) is 13.2 Å². The summed E-state index contributed by atoms with van der Waals surface area (Å²) in [6.07, 6.45) is -5.01. The van der Waals surface area contributed by atoms with Gasteiger partial charge in [0.25, 0.3) is 5.91 Å². The Balaban J connectivity index is 2.02. The van der Waals surface area contributed by atoms with Crippen LogP contribution in [-0.4, -0.2) is 55.9 Å². The normalized spacial score (nSPS) is 19.1. The highest BCUT2D eigenvalue weighted by molar-refractivity contribution is 5.95. The molecule has 1 aromatic rings. The molecule has 0 aliphatic carbocycles. The maximum atomic E-state index is 12.3. The predicted molar refractivity (Wildman–Crippen MR) is 83.2 cm³/mol. The fourth-order valence-corrected chi connectivity index (χ4v) is 2.43. The molecule has 1 saturated heterocycles. The van der Waals surface area contributed by atoms with E-state index < -0.39 is 18.9 Å². The Bertz CT molecular complexity index is 578. The minimum atomic E-state index is -4.41. The molecule has 0 bridgehead atoms. The number of morpholine rings is 1. The quantitative estimate of drug-likeness (QED) is 0.890. The Morgan fingerprint density at radius 1 is 1.46 bits per heavy atom. The second-order valence-corrected chi connectivity index (χ2v) is 5.57. The van der Waals surface area contributed by atoms with Crippen LogP contribution in [0.25, 0.3) is 0 Å². The Labute approximate surface area is 138 Å². The summed E-state index contributed by atoms with van der Waals surface area (Å²) in [5, 5.41) is 2.71. The van der Waals surface area contributed by atoms with E-state index in [2.05, 4.69) is 10.2 Å². The second kappa shape index (κ2) is 7.85. The van der Waals surface area contributed by atoms with E-state index in [-0.39, 0.29) is 11.7 Å². The molecule has 0 unspecified atom stereocenters. The van der Waals surface area contributed by atoms with E-state index in [9.17, 15) is 18.0 Å². The number of ether oxygens (including phenoxy) is 2. The zero-order valence-corrected chi connectivity index (χ0v) is 13.7. The van der Waals surface area contributed by atoms with Gasteiger partial charge < -0.3 is 14.8 Å². The van der Waals surface area contributed by atoms with Crippen molar-refractivity contribution in [3.8, 4) is 5.75 Å². The van der Waals surface area contributed by atoms with E-state index in [4.69, 9.17) is 9.47 Å². The lowest BCUT2D eigenvalue weighted by molar-refractivity contribution is -0.153. The van der Waals surface area contributed by atoms with Crippen molar-refractivity contribution >= 4 is 11.6 Å². The first kappa shape index (κ1) is 18.5. The molecular weight excluding hydrogens is 325 g/mol. The highest BCUT2D eigenvalue weighted by Crippen LogP contribution is 2.27. The molecule has 1 amide bonds. The van der Waals surface area contributed by atoms with Gasteiger partial charge in [-0.3, -0.25) is 9.69 Å². The van der Waals surface area contributed by atoms with Crippen molar-refractivity contribution < 1.29 is 27.4 Å². The van der Waals surface area contributed by atoms with Crippen LogP contribution in [0.4, 0.5) is 18.9 Å². The standard InChI is InChI=1S/C16H21F3N2O3/c1-3-21-7-8-23-14(9-21)15(22)20-12-5-4-6-13(11(12)2)24-10-16(17,18)19/h4-6,14H,3,7-10H2,1-2H3,(H,20,22)/t14-/m1/s1. The molecule has 134 valence electrons. The van der Waals surface area contributed by atoms with Gasteiger partial charge in [0, 0.05) is 24.3 Å². The first-order valence-electron chi connectivity index (χ1n) is 7.74. The first-order chi connectivity index (χ1) is 11.3. The van der Waals surface area contributed by atoms with E-state index >= 15 is 0 Å². The summed E-state index contributed by atoms with van der Waals surface area (Å²) in [6, 6.07) is 4.59. The number of likely N-dealkylation sites (N-methyl/N-ethyl adjacent to an activating group) is 1. The van der Waals surface area contributed by atoms with Crippen LogP contribution in [0.15, 0.2) is 18.2 Å². The Morgan fingerprint density at radius 3 is 2.88 bits per heavy atom. The summed E-state index contributed by atoms with van der Waals surface area (Å²) >= 11 is 0. The molecule has 5 nitrogen and oxygen atoms in total. The largest absolute Gasteiger partial charge is 0.484 e. The highest BCUT2D eigenvalue weighted by Gasteiger charge is 2.29. The van der Waals surface area contributed by atoms with E-state index in [1.165, 1.54) is 12.1 Å². The maximum absolute atomic E-state index is 12.3. The lowest BCUT2D eigenvalue weighted by Crippen LogP contribution is -2.47. The average Bonchev–Trinajstić information content (AvgIpc) is 2.55. The number of hydrogen-bond donors (Lipinski definition) is 1. The van der Waals surface area contributed by atoms with Gasteiger partial charge in [-0.15, -0.1) is 0 Å². The van der Waals surface area contributed by atoms with Gasteiger partial charge in [0.05, 0.1) is 6.61 Å². The molecule has 24 heavy (non-hydrogen) atoms. The van der Waals surface area contributed by atoms with Crippen molar-refractivity contribution in [2.75, 3.05) is 38.2 Å². The van der Waals surface area contributed by atoms with Gasteiger partial charge in [-0.05, 0) is 25.6 Å². The van der Waals surface area contributed by atoms with Gasteiger partial charge in [-0.1, -0.05) is 13.0 Å². The zero-order chi connectivity index (χ0) is 17.7. The average molecular weight is 346 g/mol. The van der Waals surface area contributed by atoms with Crippen molar-refractivity contribution in [3.05, 3.63) is 23.8 Å². The summed E-state index contributed by atoms with van der Waals surface area (Å²) in [6.45, 7) is 4.80. The molecule has 1 aliphatic rings. The number of nitrogens with one attached hydrogen (secondary N) is 1. The van der Waals surface area contributed by atoms with Crippen molar-refractivity contribution in [1.29, 1.82) is 0 Å². The third-order valence-corrected chi connectivity index (χ3v) is 3.82. The van der Waals surface area contributed by atoms with Gasteiger partial charge in [0.2, 0.25) is 0 Å². The number of alkyl halides is 3. The molecule has 0 radical (unpaired) electrons. The summed E-state index contributed by atoms with van der Waals surface area (Å²) in [5.74, 6) is -0.228. The van der Waals surface area contributed by atoms with Gasteiger partial charge in [0.1, 0.15) is 11.9 Å². The molecule has 1 heterocycles. The van der Waals surface area contributed by atoms with Crippen LogP contribution < -0.4 is 10.1 Å². The third-order valence-electron chi connectivity index (χ3n) is 3.82. The van der Waals surface area contributed by atoms with Crippen LogP contribution in [0, 0.1) is 6.92 Å². The Morgan fingerprint density at radius 2 is 2.21 bits per heavy atom.